The fourth-order valence-electron chi connectivity index (χ4n) is 4.40. The van der Waals surface area contributed by atoms with Crippen molar-refractivity contribution in [1.82, 2.24) is 5.32 Å². The van der Waals surface area contributed by atoms with Crippen molar-refractivity contribution in [2.75, 3.05) is 11.0 Å². The van der Waals surface area contributed by atoms with Crippen LogP contribution in [0.1, 0.15) is 47.3 Å². The number of aryl methyl sites for hydroxylation is 1. The van der Waals surface area contributed by atoms with E-state index >= 15 is 0 Å². The normalized spacial score (nSPS) is 12.1. The fraction of sp³-hybridized carbons (Fsp3) is 0.200. The number of sulfonamides is 1. The molecule has 0 fully saturated rings. The summed E-state index contributed by atoms with van der Waals surface area (Å²) in [6.45, 7) is 1.93. The Morgan fingerprint density at radius 2 is 1.62 bits per heavy atom. The zero-order valence-electron chi connectivity index (χ0n) is 21.7. The molecule has 0 radical (unpaired) electrons. The highest BCUT2D eigenvalue weighted by atomic mass is 32.2. The molecule has 39 heavy (non-hydrogen) atoms. The Kier molecular flexibility index (Phi) is 8.51. The largest absolute Gasteiger partial charge is 0.481 e. The molecule has 1 amide bonds. The Morgan fingerprint density at radius 1 is 0.923 bits per heavy atom. The molecular formula is C30H30N2O6S. The molecule has 0 saturated carbocycles. The Bertz CT molecular complexity index is 1590. The molecule has 202 valence electrons. The summed E-state index contributed by atoms with van der Waals surface area (Å²) in [5, 5.41) is 14.3. The van der Waals surface area contributed by atoms with Crippen LogP contribution in [0, 0.1) is 0 Å². The molecule has 4 aromatic rings. The number of hydrogen-bond donors (Lipinski definition) is 3. The number of carbonyl (C=O) groups is 2. The predicted molar refractivity (Wildman–Crippen MR) is 152 cm³/mol. The molecule has 1 unspecified atom stereocenters. The molecule has 8 nitrogen and oxygen atoms in total. The minimum atomic E-state index is -3.40. The molecule has 0 heterocycles. The molecule has 3 N–H and O–H groups in total. The third-order valence-corrected chi connectivity index (χ3v) is 6.80. The first kappa shape index (κ1) is 27.7. The number of carbonyl (C=O) groups excluding carboxylic acids is 1. The number of benzene rings is 4. The molecule has 0 bridgehead atoms. The Balaban J connectivity index is 1.57. The van der Waals surface area contributed by atoms with Crippen molar-refractivity contribution in [3.05, 3.63) is 102 Å². The number of fused-ring (bicyclic) bond motifs is 1. The maximum Gasteiger partial charge on any atom is 0.303 e. The highest BCUT2D eigenvalue weighted by Gasteiger charge is 2.18. The summed E-state index contributed by atoms with van der Waals surface area (Å²) in [6, 6.07) is 25.2. The van der Waals surface area contributed by atoms with Crippen molar-refractivity contribution < 1.29 is 27.9 Å². The van der Waals surface area contributed by atoms with Crippen LogP contribution in [0.4, 0.5) is 5.69 Å². The number of amides is 1. The van der Waals surface area contributed by atoms with Gasteiger partial charge in [0.2, 0.25) is 10.0 Å². The summed E-state index contributed by atoms with van der Waals surface area (Å²) in [7, 11) is -3.40. The first-order valence-corrected chi connectivity index (χ1v) is 14.4. The van der Waals surface area contributed by atoms with Crippen molar-refractivity contribution in [2.24, 2.45) is 0 Å². The average Bonchev–Trinajstić information content (AvgIpc) is 2.89. The number of carboxylic acids is 1. The quantitative estimate of drug-likeness (QED) is 0.215. The van der Waals surface area contributed by atoms with Crippen LogP contribution >= 0.6 is 0 Å². The lowest BCUT2D eigenvalue weighted by Gasteiger charge is -2.19. The monoisotopic (exact) mass is 546 g/mol. The van der Waals surface area contributed by atoms with E-state index in [0.29, 0.717) is 35.6 Å². The Labute approximate surface area is 227 Å². The SMILES string of the molecule is CC(NC(=O)c1cc(Oc2ccc(NS(C)(=O)=O)cc2)ccc1CCCC(=O)O)c1cccc2ccccc12. The maximum atomic E-state index is 13.5. The summed E-state index contributed by atoms with van der Waals surface area (Å²) < 4.78 is 31.2. The van der Waals surface area contributed by atoms with Gasteiger partial charge in [-0.25, -0.2) is 8.42 Å². The van der Waals surface area contributed by atoms with Crippen molar-refractivity contribution in [3.8, 4) is 11.5 Å². The summed E-state index contributed by atoms with van der Waals surface area (Å²) in [5.41, 5.74) is 2.52. The van der Waals surface area contributed by atoms with Gasteiger partial charge in [-0.2, -0.15) is 0 Å². The van der Waals surface area contributed by atoms with Gasteiger partial charge in [-0.05, 0) is 78.1 Å². The third kappa shape index (κ3) is 7.58. The van der Waals surface area contributed by atoms with Gasteiger partial charge in [-0.1, -0.05) is 48.5 Å². The smallest absolute Gasteiger partial charge is 0.303 e. The van der Waals surface area contributed by atoms with E-state index in [1.54, 1.807) is 42.5 Å². The lowest BCUT2D eigenvalue weighted by Crippen LogP contribution is -2.27. The van der Waals surface area contributed by atoms with Gasteiger partial charge in [0.25, 0.3) is 5.91 Å². The van der Waals surface area contributed by atoms with E-state index in [-0.39, 0.29) is 18.4 Å². The first-order chi connectivity index (χ1) is 18.6. The number of rotatable bonds is 11. The van der Waals surface area contributed by atoms with Gasteiger partial charge in [-0.3, -0.25) is 14.3 Å². The van der Waals surface area contributed by atoms with Crippen LogP contribution in [0.2, 0.25) is 0 Å². The molecule has 0 aliphatic heterocycles. The predicted octanol–water partition coefficient (Wildman–Crippen LogP) is 5.90. The number of hydrogen-bond acceptors (Lipinski definition) is 5. The zero-order valence-corrected chi connectivity index (χ0v) is 22.5. The van der Waals surface area contributed by atoms with Crippen molar-refractivity contribution in [3.63, 3.8) is 0 Å². The first-order valence-electron chi connectivity index (χ1n) is 12.5. The molecule has 1 atom stereocenters. The summed E-state index contributed by atoms with van der Waals surface area (Å²) in [4.78, 5) is 24.6. The zero-order chi connectivity index (χ0) is 28.0. The fourth-order valence-corrected chi connectivity index (χ4v) is 4.96. The number of carboxylic acid groups (broad SMARTS) is 1. The van der Waals surface area contributed by atoms with Crippen molar-refractivity contribution >= 4 is 38.4 Å². The highest BCUT2D eigenvalue weighted by Crippen LogP contribution is 2.28. The Morgan fingerprint density at radius 3 is 2.33 bits per heavy atom. The number of aliphatic carboxylic acids is 1. The van der Waals surface area contributed by atoms with Crippen LogP contribution in [0.25, 0.3) is 10.8 Å². The second-order valence-corrected chi connectivity index (χ2v) is 11.1. The molecule has 0 aliphatic rings. The van der Waals surface area contributed by atoms with Crippen molar-refractivity contribution in [2.45, 2.75) is 32.2 Å². The summed E-state index contributed by atoms with van der Waals surface area (Å²) in [6.07, 6.45) is 1.88. The maximum absolute atomic E-state index is 13.5. The van der Waals surface area contributed by atoms with E-state index in [9.17, 15) is 18.0 Å². The molecule has 0 aliphatic carbocycles. The molecule has 9 heteroatoms. The minimum absolute atomic E-state index is 0.000415. The van der Waals surface area contributed by atoms with E-state index in [0.717, 1.165) is 28.2 Å². The van der Waals surface area contributed by atoms with Crippen LogP contribution in [0.5, 0.6) is 11.5 Å². The van der Waals surface area contributed by atoms with E-state index in [1.165, 1.54) is 0 Å². The number of anilines is 1. The van der Waals surface area contributed by atoms with Crippen LogP contribution in [0.3, 0.4) is 0 Å². The lowest BCUT2D eigenvalue weighted by molar-refractivity contribution is -0.137. The third-order valence-electron chi connectivity index (χ3n) is 6.19. The van der Waals surface area contributed by atoms with Gasteiger partial charge in [0.05, 0.1) is 12.3 Å². The highest BCUT2D eigenvalue weighted by molar-refractivity contribution is 7.92. The average molecular weight is 547 g/mol. The standard InChI is InChI=1S/C30H30N2O6S/c1-20(26-11-5-8-21-7-3-4-10-27(21)26)31-30(35)28-19-25(16-13-22(28)9-6-12-29(33)34)38-24-17-14-23(15-18-24)32-39(2,36)37/h3-5,7-8,10-11,13-20,32H,6,9,12H2,1-2H3,(H,31,35)(H,33,34). The lowest BCUT2D eigenvalue weighted by atomic mass is 9.98. The number of ether oxygens (including phenoxy) is 1. The van der Waals surface area contributed by atoms with Crippen molar-refractivity contribution in [1.29, 1.82) is 0 Å². The van der Waals surface area contributed by atoms with E-state index < -0.39 is 16.0 Å². The van der Waals surface area contributed by atoms with Gasteiger partial charge < -0.3 is 15.2 Å². The van der Waals surface area contributed by atoms with Crippen LogP contribution in [-0.2, 0) is 21.2 Å². The molecule has 0 aromatic heterocycles. The molecule has 0 spiro atoms. The van der Waals surface area contributed by atoms with E-state index in [4.69, 9.17) is 9.84 Å². The molecular weight excluding hydrogens is 516 g/mol. The van der Waals surface area contributed by atoms with E-state index in [2.05, 4.69) is 10.0 Å². The topological polar surface area (TPSA) is 122 Å². The van der Waals surface area contributed by atoms with Gasteiger partial charge in [0.15, 0.2) is 0 Å². The van der Waals surface area contributed by atoms with Crippen LogP contribution in [0.15, 0.2) is 84.9 Å². The second-order valence-electron chi connectivity index (χ2n) is 9.33. The van der Waals surface area contributed by atoms with Crippen LogP contribution in [-0.4, -0.2) is 31.7 Å². The van der Waals surface area contributed by atoms with Crippen LogP contribution < -0.4 is 14.8 Å². The summed E-state index contributed by atoms with van der Waals surface area (Å²) in [5.74, 6) is -0.301. The van der Waals surface area contributed by atoms with Gasteiger partial charge in [0.1, 0.15) is 11.5 Å². The molecule has 4 rings (SSSR count). The molecule has 4 aromatic carbocycles. The van der Waals surface area contributed by atoms with Gasteiger partial charge in [-0.15, -0.1) is 0 Å². The minimum Gasteiger partial charge on any atom is -0.481 e. The van der Waals surface area contributed by atoms with Gasteiger partial charge in [0, 0.05) is 17.7 Å². The summed E-state index contributed by atoms with van der Waals surface area (Å²) >= 11 is 0. The number of nitrogens with one attached hydrogen (secondary N) is 2. The molecule has 0 saturated heterocycles. The second kappa shape index (κ2) is 12.0. The Hall–Kier alpha value is -4.37. The van der Waals surface area contributed by atoms with E-state index in [1.807, 2.05) is 49.4 Å². The van der Waals surface area contributed by atoms with Gasteiger partial charge >= 0.3 is 5.97 Å².